The van der Waals surface area contributed by atoms with Crippen LogP contribution in [0, 0.1) is 0 Å². The fourth-order valence-electron chi connectivity index (χ4n) is 2.66. The van der Waals surface area contributed by atoms with E-state index < -0.39 is 12.5 Å². The minimum absolute atomic E-state index is 0.171. The molecule has 1 aliphatic rings. The van der Waals surface area contributed by atoms with Crippen molar-refractivity contribution in [3.05, 3.63) is 29.3 Å². The Morgan fingerprint density at radius 1 is 1.04 bits per heavy atom. The average molecular weight is 349 g/mol. The van der Waals surface area contributed by atoms with Gasteiger partial charge in [0.2, 0.25) is 0 Å². The van der Waals surface area contributed by atoms with Crippen LogP contribution in [0.25, 0.3) is 0 Å². The molecule has 4 nitrogen and oxygen atoms in total. The number of hydrogen-bond donors (Lipinski definition) is 1. The molecule has 7 heteroatoms. The Bertz CT molecular complexity index is 462. The first kappa shape index (κ1) is 18.4. The molecule has 1 atom stereocenters. The standard InChI is InChI=1S/C16H23ClF2N2O2/c17-13-2-4-15(5-3-13)23-12-14(22)10-20-6-1-7-21(9-8-20)11-16(18)19/h2-5,14,16,22H,1,6-12H2. The van der Waals surface area contributed by atoms with E-state index in [0.717, 1.165) is 13.0 Å². The van der Waals surface area contributed by atoms with Gasteiger partial charge in [0.05, 0.1) is 6.54 Å². The number of aliphatic hydroxyl groups excluding tert-OH is 1. The number of benzene rings is 1. The predicted molar refractivity (Wildman–Crippen MR) is 86.5 cm³/mol. The number of halogens is 3. The van der Waals surface area contributed by atoms with Crippen LogP contribution >= 0.6 is 11.6 Å². The third kappa shape index (κ3) is 6.99. The second-order valence-corrected chi connectivity index (χ2v) is 6.20. The molecule has 0 aromatic heterocycles. The Morgan fingerprint density at radius 2 is 1.65 bits per heavy atom. The Labute approximate surface area is 140 Å². The smallest absolute Gasteiger partial charge is 0.251 e. The van der Waals surface area contributed by atoms with Crippen LogP contribution in [-0.4, -0.2) is 73.3 Å². The Hall–Kier alpha value is -0.950. The summed E-state index contributed by atoms with van der Waals surface area (Å²) in [5.74, 6) is 0.660. The number of rotatable bonds is 7. The Kier molecular flexibility index (Phi) is 7.49. The van der Waals surface area contributed by atoms with Crippen LogP contribution in [0.1, 0.15) is 6.42 Å². The van der Waals surface area contributed by atoms with E-state index in [9.17, 15) is 13.9 Å². The molecule has 1 saturated heterocycles. The van der Waals surface area contributed by atoms with E-state index in [2.05, 4.69) is 4.90 Å². The molecule has 130 valence electrons. The van der Waals surface area contributed by atoms with Crippen molar-refractivity contribution in [1.29, 1.82) is 0 Å². The molecule has 1 aliphatic heterocycles. The van der Waals surface area contributed by atoms with Crippen molar-refractivity contribution in [3.8, 4) is 5.75 Å². The molecule has 23 heavy (non-hydrogen) atoms. The van der Waals surface area contributed by atoms with Gasteiger partial charge >= 0.3 is 0 Å². The first-order chi connectivity index (χ1) is 11.0. The van der Waals surface area contributed by atoms with E-state index in [4.69, 9.17) is 16.3 Å². The minimum atomic E-state index is -2.29. The fourth-order valence-corrected chi connectivity index (χ4v) is 2.78. The number of hydrogen-bond acceptors (Lipinski definition) is 4. The topological polar surface area (TPSA) is 35.9 Å². The Balaban J connectivity index is 1.70. The summed E-state index contributed by atoms with van der Waals surface area (Å²) in [6, 6.07) is 6.97. The summed E-state index contributed by atoms with van der Waals surface area (Å²) in [5.41, 5.74) is 0. The largest absolute Gasteiger partial charge is 0.491 e. The predicted octanol–water partition coefficient (Wildman–Crippen LogP) is 2.35. The van der Waals surface area contributed by atoms with Gasteiger partial charge in [0.1, 0.15) is 18.5 Å². The lowest BCUT2D eigenvalue weighted by Gasteiger charge is -2.24. The van der Waals surface area contributed by atoms with E-state index in [-0.39, 0.29) is 13.2 Å². The van der Waals surface area contributed by atoms with Gasteiger partial charge in [-0.2, -0.15) is 0 Å². The second kappa shape index (κ2) is 9.37. The molecule has 0 aliphatic carbocycles. The molecule has 0 spiro atoms. The molecule has 1 fully saturated rings. The highest BCUT2D eigenvalue weighted by atomic mass is 35.5. The highest BCUT2D eigenvalue weighted by Gasteiger charge is 2.19. The fraction of sp³-hybridized carbons (Fsp3) is 0.625. The van der Waals surface area contributed by atoms with Gasteiger partial charge in [0.15, 0.2) is 0 Å². The lowest BCUT2D eigenvalue weighted by Crippen LogP contribution is -2.38. The van der Waals surface area contributed by atoms with E-state index in [1.165, 1.54) is 0 Å². The highest BCUT2D eigenvalue weighted by molar-refractivity contribution is 6.30. The molecule has 0 bridgehead atoms. The maximum absolute atomic E-state index is 12.4. The minimum Gasteiger partial charge on any atom is -0.491 e. The van der Waals surface area contributed by atoms with Crippen molar-refractivity contribution in [2.24, 2.45) is 0 Å². The lowest BCUT2D eigenvalue weighted by molar-refractivity contribution is 0.0662. The third-order valence-corrected chi connectivity index (χ3v) is 4.05. The summed E-state index contributed by atoms with van der Waals surface area (Å²) >= 11 is 5.80. The van der Waals surface area contributed by atoms with Crippen molar-refractivity contribution >= 4 is 11.6 Å². The van der Waals surface area contributed by atoms with Crippen molar-refractivity contribution in [3.63, 3.8) is 0 Å². The molecule has 1 N–H and O–H groups in total. The maximum Gasteiger partial charge on any atom is 0.251 e. The first-order valence-electron chi connectivity index (χ1n) is 7.82. The van der Waals surface area contributed by atoms with Crippen molar-refractivity contribution in [2.45, 2.75) is 19.0 Å². The van der Waals surface area contributed by atoms with Gasteiger partial charge in [-0.15, -0.1) is 0 Å². The van der Waals surface area contributed by atoms with Crippen LogP contribution in [0.5, 0.6) is 5.75 Å². The van der Waals surface area contributed by atoms with Crippen LogP contribution in [-0.2, 0) is 0 Å². The van der Waals surface area contributed by atoms with Gasteiger partial charge in [-0.25, -0.2) is 8.78 Å². The van der Waals surface area contributed by atoms with Gasteiger partial charge in [0.25, 0.3) is 6.43 Å². The Morgan fingerprint density at radius 3 is 2.26 bits per heavy atom. The van der Waals surface area contributed by atoms with Gasteiger partial charge in [-0.3, -0.25) is 9.80 Å². The van der Waals surface area contributed by atoms with Crippen LogP contribution in [0.3, 0.4) is 0 Å². The molecular formula is C16H23ClF2N2O2. The van der Waals surface area contributed by atoms with Gasteiger partial charge in [-0.1, -0.05) is 11.6 Å². The number of aliphatic hydroxyl groups is 1. The SMILES string of the molecule is OC(COc1ccc(Cl)cc1)CN1CCCN(CC(F)F)CC1. The first-order valence-corrected chi connectivity index (χ1v) is 8.20. The number of alkyl halides is 2. The molecule has 2 rings (SSSR count). The molecule has 1 unspecified atom stereocenters. The number of ether oxygens (including phenoxy) is 1. The lowest BCUT2D eigenvalue weighted by atomic mass is 10.3. The molecule has 1 aromatic rings. The average Bonchev–Trinajstić information content (AvgIpc) is 2.71. The normalized spacial score (nSPS) is 18.8. The van der Waals surface area contributed by atoms with Crippen molar-refractivity contribution in [1.82, 2.24) is 9.80 Å². The summed E-state index contributed by atoms with van der Waals surface area (Å²) in [6.45, 7) is 3.28. The van der Waals surface area contributed by atoms with E-state index in [1.807, 2.05) is 0 Å². The van der Waals surface area contributed by atoms with Crippen LogP contribution in [0.4, 0.5) is 8.78 Å². The van der Waals surface area contributed by atoms with Crippen LogP contribution in [0.15, 0.2) is 24.3 Å². The molecule has 1 heterocycles. The van der Waals surface area contributed by atoms with E-state index >= 15 is 0 Å². The van der Waals surface area contributed by atoms with Crippen molar-refractivity contribution < 1.29 is 18.6 Å². The third-order valence-electron chi connectivity index (χ3n) is 3.80. The van der Waals surface area contributed by atoms with Crippen LogP contribution in [0.2, 0.25) is 5.02 Å². The molecule has 0 amide bonds. The van der Waals surface area contributed by atoms with E-state index in [0.29, 0.717) is 37.0 Å². The van der Waals surface area contributed by atoms with Crippen molar-refractivity contribution in [2.75, 3.05) is 45.9 Å². The summed E-state index contributed by atoms with van der Waals surface area (Å²) in [4.78, 5) is 3.88. The second-order valence-electron chi connectivity index (χ2n) is 5.76. The monoisotopic (exact) mass is 348 g/mol. The highest BCUT2D eigenvalue weighted by Crippen LogP contribution is 2.15. The zero-order valence-corrected chi connectivity index (χ0v) is 13.8. The van der Waals surface area contributed by atoms with Gasteiger partial charge < -0.3 is 9.84 Å². The van der Waals surface area contributed by atoms with E-state index in [1.54, 1.807) is 29.2 Å². The zero-order valence-electron chi connectivity index (χ0n) is 13.0. The summed E-state index contributed by atoms with van der Waals surface area (Å²) in [6.07, 6.45) is -2.08. The molecule has 0 radical (unpaired) electrons. The molecule has 0 saturated carbocycles. The number of nitrogens with zero attached hydrogens (tertiary/aromatic N) is 2. The number of β-amino-alcohol motifs (C(OH)–C–C–N with tert-alkyl or cyclic N) is 1. The van der Waals surface area contributed by atoms with Gasteiger partial charge in [-0.05, 0) is 43.8 Å². The van der Waals surface area contributed by atoms with Gasteiger partial charge in [0, 0.05) is 24.7 Å². The summed E-state index contributed by atoms with van der Waals surface area (Å²) < 4.78 is 30.4. The summed E-state index contributed by atoms with van der Waals surface area (Å²) in [5, 5.41) is 10.7. The zero-order chi connectivity index (χ0) is 16.7. The van der Waals surface area contributed by atoms with Crippen LogP contribution < -0.4 is 4.74 Å². The molecule has 1 aromatic carbocycles. The quantitative estimate of drug-likeness (QED) is 0.820. The molecular weight excluding hydrogens is 326 g/mol. The maximum atomic E-state index is 12.4. The summed E-state index contributed by atoms with van der Waals surface area (Å²) in [7, 11) is 0.